The Kier molecular flexibility index (Phi) is 5.51. The number of rotatable bonds is 3. The van der Waals surface area contributed by atoms with Crippen LogP contribution in [0.25, 0.3) is 0 Å². The molecule has 2 aliphatic heterocycles. The predicted octanol–water partition coefficient (Wildman–Crippen LogP) is 2.69. The van der Waals surface area contributed by atoms with Gasteiger partial charge in [-0.2, -0.15) is 0 Å². The van der Waals surface area contributed by atoms with Gasteiger partial charge in [0.1, 0.15) is 0 Å². The Bertz CT molecular complexity index is 870. The van der Waals surface area contributed by atoms with Crippen LogP contribution in [-0.2, 0) is 16.0 Å². The van der Waals surface area contributed by atoms with E-state index in [-0.39, 0.29) is 17.9 Å². The molecule has 6 heteroatoms. The van der Waals surface area contributed by atoms with Crippen molar-refractivity contribution in [1.82, 2.24) is 14.7 Å². The van der Waals surface area contributed by atoms with Crippen LogP contribution >= 0.6 is 11.3 Å². The van der Waals surface area contributed by atoms with Crippen molar-refractivity contribution < 1.29 is 9.59 Å². The van der Waals surface area contributed by atoms with Gasteiger partial charge in [0.2, 0.25) is 11.8 Å². The van der Waals surface area contributed by atoms with Crippen LogP contribution in [0.2, 0.25) is 0 Å². The number of carbonyl (C=O) groups excluding carboxylic acids is 2. The zero-order valence-electron chi connectivity index (χ0n) is 16.6. The standard InChI is InChI=1S/C22H27N3O2S/c1-16-5-3-4-6-18(16)22-19-8-14-28-20(19)7-9-25(22)15-21(27)24-12-10-23(11-13-24)17(2)26/h3-6,8,14,22H,7,9-13,15H2,1-2H3/t22-/m1/s1. The first-order valence-corrected chi connectivity index (χ1v) is 10.8. The van der Waals surface area contributed by atoms with E-state index in [9.17, 15) is 9.59 Å². The molecule has 5 nitrogen and oxygen atoms in total. The average molecular weight is 398 g/mol. The van der Waals surface area contributed by atoms with Crippen LogP contribution in [-0.4, -0.2) is 65.8 Å². The normalized spacial score (nSPS) is 20.1. The zero-order valence-corrected chi connectivity index (χ0v) is 17.4. The summed E-state index contributed by atoms with van der Waals surface area (Å²) in [7, 11) is 0. The summed E-state index contributed by atoms with van der Waals surface area (Å²) in [6.07, 6.45) is 1.00. The second-order valence-corrected chi connectivity index (χ2v) is 8.67. The summed E-state index contributed by atoms with van der Waals surface area (Å²) in [5.74, 6) is 0.258. The van der Waals surface area contributed by atoms with Gasteiger partial charge in [-0.3, -0.25) is 14.5 Å². The Balaban J connectivity index is 1.53. The maximum atomic E-state index is 13.0. The third-order valence-corrected chi connectivity index (χ3v) is 6.96. The molecule has 2 aliphatic rings. The first-order chi connectivity index (χ1) is 13.5. The van der Waals surface area contributed by atoms with Gasteiger partial charge in [-0.25, -0.2) is 0 Å². The Morgan fingerprint density at radius 1 is 1.00 bits per heavy atom. The highest BCUT2D eigenvalue weighted by Crippen LogP contribution is 2.38. The van der Waals surface area contributed by atoms with Crippen molar-refractivity contribution in [3.05, 3.63) is 57.3 Å². The maximum Gasteiger partial charge on any atom is 0.236 e. The summed E-state index contributed by atoms with van der Waals surface area (Å²) < 4.78 is 0. The van der Waals surface area contributed by atoms with E-state index in [4.69, 9.17) is 0 Å². The highest BCUT2D eigenvalue weighted by Gasteiger charge is 2.33. The van der Waals surface area contributed by atoms with Crippen molar-refractivity contribution in [3.63, 3.8) is 0 Å². The third-order valence-electron chi connectivity index (χ3n) is 5.96. The van der Waals surface area contributed by atoms with Gasteiger partial charge in [-0.15, -0.1) is 11.3 Å². The van der Waals surface area contributed by atoms with Crippen molar-refractivity contribution in [2.75, 3.05) is 39.3 Å². The average Bonchev–Trinajstić information content (AvgIpc) is 3.17. The van der Waals surface area contributed by atoms with E-state index in [1.54, 1.807) is 6.92 Å². The van der Waals surface area contributed by atoms with Gasteiger partial charge in [0.05, 0.1) is 12.6 Å². The number of hydrogen-bond acceptors (Lipinski definition) is 4. The zero-order chi connectivity index (χ0) is 19.7. The Hall–Kier alpha value is -2.18. The van der Waals surface area contributed by atoms with Gasteiger partial charge in [0, 0.05) is 44.5 Å². The number of hydrogen-bond donors (Lipinski definition) is 0. The summed E-state index contributed by atoms with van der Waals surface area (Å²) in [5, 5.41) is 2.17. The Morgan fingerprint density at radius 2 is 1.71 bits per heavy atom. The molecule has 0 spiro atoms. The molecule has 0 radical (unpaired) electrons. The molecule has 1 saturated heterocycles. The minimum atomic E-state index is 0.0905. The SMILES string of the molecule is CC(=O)N1CCN(C(=O)CN2CCc3sccc3[C@H]2c2ccccc2C)CC1. The highest BCUT2D eigenvalue weighted by molar-refractivity contribution is 7.10. The second-order valence-electron chi connectivity index (χ2n) is 7.67. The van der Waals surface area contributed by atoms with Crippen LogP contribution in [0.5, 0.6) is 0 Å². The number of fused-ring (bicyclic) bond motifs is 1. The highest BCUT2D eigenvalue weighted by atomic mass is 32.1. The lowest BCUT2D eigenvalue weighted by molar-refractivity contribution is -0.139. The topological polar surface area (TPSA) is 43.9 Å². The predicted molar refractivity (Wildman–Crippen MR) is 111 cm³/mol. The van der Waals surface area contributed by atoms with Gasteiger partial charge in [-0.05, 0) is 41.5 Å². The van der Waals surface area contributed by atoms with Crippen molar-refractivity contribution in [2.45, 2.75) is 26.3 Å². The Labute approximate surface area is 170 Å². The number of nitrogens with zero attached hydrogens (tertiary/aromatic N) is 3. The van der Waals surface area contributed by atoms with Crippen molar-refractivity contribution >= 4 is 23.2 Å². The van der Waals surface area contributed by atoms with Gasteiger partial charge >= 0.3 is 0 Å². The quantitative estimate of drug-likeness (QED) is 0.800. The molecule has 0 N–H and O–H groups in total. The van der Waals surface area contributed by atoms with Crippen molar-refractivity contribution in [3.8, 4) is 0 Å². The minimum Gasteiger partial charge on any atom is -0.339 e. The molecule has 1 fully saturated rings. The molecule has 4 rings (SSSR count). The third kappa shape index (κ3) is 3.71. The van der Waals surface area contributed by atoms with E-state index in [0.717, 1.165) is 13.0 Å². The largest absolute Gasteiger partial charge is 0.339 e. The van der Waals surface area contributed by atoms with E-state index in [2.05, 4.69) is 47.5 Å². The molecule has 2 amide bonds. The molecular formula is C22H27N3O2S. The van der Waals surface area contributed by atoms with Crippen LogP contribution in [0.15, 0.2) is 35.7 Å². The van der Waals surface area contributed by atoms with E-state index >= 15 is 0 Å². The van der Waals surface area contributed by atoms with Crippen LogP contribution in [0.3, 0.4) is 0 Å². The molecule has 1 aromatic heterocycles. The molecular weight excluding hydrogens is 370 g/mol. The number of piperazine rings is 1. The smallest absolute Gasteiger partial charge is 0.236 e. The van der Waals surface area contributed by atoms with Crippen LogP contribution in [0.4, 0.5) is 0 Å². The van der Waals surface area contributed by atoms with E-state index in [0.29, 0.717) is 32.7 Å². The molecule has 2 aromatic rings. The molecule has 0 unspecified atom stereocenters. The lowest BCUT2D eigenvalue weighted by Crippen LogP contribution is -2.53. The van der Waals surface area contributed by atoms with Crippen LogP contribution in [0.1, 0.15) is 34.5 Å². The fourth-order valence-electron chi connectivity index (χ4n) is 4.34. The van der Waals surface area contributed by atoms with Crippen molar-refractivity contribution in [1.29, 1.82) is 0 Å². The lowest BCUT2D eigenvalue weighted by atomic mass is 9.90. The fraction of sp³-hybridized carbons (Fsp3) is 0.455. The first kappa shape index (κ1) is 19.2. The summed E-state index contributed by atoms with van der Waals surface area (Å²) >= 11 is 1.82. The number of carbonyl (C=O) groups is 2. The van der Waals surface area contributed by atoms with E-state index in [1.165, 1.54) is 21.6 Å². The van der Waals surface area contributed by atoms with E-state index in [1.807, 2.05) is 21.1 Å². The number of amides is 2. The van der Waals surface area contributed by atoms with Gasteiger partial charge in [0.25, 0.3) is 0 Å². The summed E-state index contributed by atoms with van der Waals surface area (Å²) in [5.41, 5.74) is 3.90. The lowest BCUT2D eigenvalue weighted by Gasteiger charge is -2.39. The monoisotopic (exact) mass is 397 g/mol. The molecule has 0 saturated carbocycles. The summed E-state index contributed by atoms with van der Waals surface area (Å²) in [4.78, 5) is 32.1. The molecule has 1 atom stereocenters. The number of benzene rings is 1. The first-order valence-electron chi connectivity index (χ1n) is 9.93. The number of aryl methyl sites for hydroxylation is 1. The van der Waals surface area contributed by atoms with Gasteiger partial charge < -0.3 is 9.80 Å². The summed E-state index contributed by atoms with van der Waals surface area (Å²) in [6.45, 7) is 7.59. The van der Waals surface area contributed by atoms with Crippen LogP contribution in [0, 0.1) is 6.92 Å². The molecule has 148 valence electrons. The molecule has 1 aromatic carbocycles. The maximum absolute atomic E-state index is 13.0. The molecule has 0 aliphatic carbocycles. The van der Waals surface area contributed by atoms with Crippen molar-refractivity contribution in [2.24, 2.45) is 0 Å². The molecule has 0 bridgehead atoms. The summed E-state index contributed by atoms with van der Waals surface area (Å²) in [6, 6.07) is 10.9. The van der Waals surface area contributed by atoms with Gasteiger partial charge in [0.15, 0.2) is 0 Å². The second kappa shape index (κ2) is 8.05. The molecule has 28 heavy (non-hydrogen) atoms. The van der Waals surface area contributed by atoms with Crippen LogP contribution < -0.4 is 0 Å². The fourth-order valence-corrected chi connectivity index (χ4v) is 5.24. The molecule has 3 heterocycles. The van der Waals surface area contributed by atoms with E-state index < -0.39 is 0 Å². The number of thiophene rings is 1. The van der Waals surface area contributed by atoms with Gasteiger partial charge in [-0.1, -0.05) is 24.3 Å². The minimum absolute atomic E-state index is 0.0905. The Morgan fingerprint density at radius 3 is 2.43 bits per heavy atom.